The van der Waals surface area contributed by atoms with Crippen LogP contribution in [0.5, 0.6) is 5.75 Å². The third-order valence-corrected chi connectivity index (χ3v) is 3.42. The first kappa shape index (κ1) is 12.1. The quantitative estimate of drug-likeness (QED) is 0.829. The zero-order valence-electron chi connectivity index (χ0n) is 10.1. The number of aromatic nitrogens is 2. The van der Waals surface area contributed by atoms with Crippen LogP contribution in [-0.2, 0) is 6.54 Å². The molecule has 4 nitrogen and oxygen atoms in total. The number of hydrogen-bond acceptors (Lipinski definition) is 4. The topological polar surface area (TPSA) is 53.1 Å². The highest BCUT2D eigenvalue weighted by atomic mass is 32.2. The maximum Gasteiger partial charge on any atom is 0.201 e. The van der Waals surface area contributed by atoms with E-state index in [1.165, 1.54) is 0 Å². The van der Waals surface area contributed by atoms with Crippen molar-refractivity contribution >= 4 is 28.7 Å². The van der Waals surface area contributed by atoms with E-state index in [9.17, 15) is 0 Å². The number of hydrogen-bond donors (Lipinski definition) is 1. The second-order valence-electron chi connectivity index (χ2n) is 3.80. The van der Waals surface area contributed by atoms with Gasteiger partial charge in [-0.25, -0.2) is 4.98 Å². The van der Waals surface area contributed by atoms with Crippen LogP contribution in [-0.4, -0.2) is 28.7 Å². The van der Waals surface area contributed by atoms with Crippen molar-refractivity contribution < 1.29 is 4.74 Å². The van der Waals surface area contributed by atoms with Crippen molar-refractivity contribution in [1.82, 2.24) is 9.55 Å². The predicted molar refractivity (Wildman–Crippen MR) is 73.7 cm³/mol. The number of para-hydroxylation sites is 1. The number of imidazole rings is 1. The van der Waals surface area contributed by atoms with Crippen LogP contribution in [0.1, 0.15) is 6.42 Å². The van der Waals surface area contributed by atoms with Gasteiger partial charge in [-0.05, 0) is 30.6 Å². The van der Waals surface area contributed by atoms with Gasteiger partial charge in [-0.3, -0.25) is 0 Å². The average molecular weight is 251 g/mol. The van der Waals surface area contributed by atoms with E-state index in [0.29, 0.717) is 5.95 Å². The van der Waals surface area contributed by atoms with Gasteiger partial charge < -0.3 is 15.0 Å². The Balaban J connectivity index is 2.38. The molecule has 1 aromatic heterocycles. The monoisotopic (exact) mass is 251 g/mol. The Labute approximate surface area is 105 Å². The molecule has 0 fully saturated rings. The van der Waals surface area contributed by atoms with Gasteiger partial charge in [0.05, 0.1) is 12.6 Å². The molecule has 0 aliphatic carbocycles. The summed E-state index contributed by atoms with van der Waals surface area (Å²) in [4.78, 5) is 4.37. The first-order chi connectivity index (χ1) is 8.27. The third kappa shape index (κ3) is 2.34. The predicted octanol–water partition coefficient (Wildman–Crippen LogP) is 2.38. The summed E-state index contributed by atoms with van der Waals surface area (Å²) in [5, 5.41) is 0. The first-order valence-electron chi connectivity index (χ1n) is 5.55. The Bertz CT molecular complexity index is 510. The van der Waals surface area contributed by atoms with Crippen LogP contribution in [0.4, 0.5) is 5.95 Å². The number of anilines is 1. The summed E-state index contributed by atoms with van der Waals surface area (Å²) in [6.07, 6.45) is 3.20. The Hall–Kier alpha value is -1.36. The lowest BCUT2D eigenvalue weighted by Crippen LogP contribution is -2.04. The summed E-state index contributed by atoms with van der Waals surface area (Å²) in [6.45, 7) is 0.899. The number of fused-ring (bicyclic) bond motifs is 1. The zero-order chi connectivity index (χ0) is 12.3. The number of benzene rings is 1. The Kier molecular flexibility index (Phi) is 3.78. The molecule has 0 unspecified atom stereocenters. The van der Waals surface area contributed by atoms with Crippen LogP contribution in [0.3, 0.4) is 0 Å². The van der Waals surface area contributed by atoms with Crippen molar-refractivity contribution in [3.63, 3.8) is 0 Å². The van der Waals surface area contributed by atoms with E-state index < -0.39 is 0 Å². The van der Waals surface area contributed by atoms with Crippen molar-refractivity contribution in [3.8, 4) is 5.75 Å². The summed E-state index contributed by atoms with van der Waals surface area (Å²) in [7, 11) is 1.65. The molecule has 0 aliphatic rings. The number of rotatable bonds is 5. The Morgan fingerprint density at radius 1 is 1.47 bits per heavy atom. The standard InChI is InChI=1S/C12H17N3OS/c1-16-10-6-3-5-9-11(10)14-12(13)15(9)7-4-8-17-2/h3,5-6H,4,7-8H2,1-2H3,(H2,13,14). The molecule has 1 heterocycles. The van der Waals surface area contributed by atoms with E-state index in [1.807, 2.05) is 34.5 Å². The van der Waals surface area contributed by atoms with E-state index in [4.69, 9.17) is 10.5 Å². The van der Waals surface area contributed by atoms with E-state index in [0.717, 1.165) is 35.5 Å². The molecule has 0 amide bonds. The van der Waals surface area contributed by atoms with Gasteiger partial charge in [-0.2, -0.15) is 11.8 Å². The molecule has 17 heavy (non-hydrogen) atoms. The fourth-order valence-corrected chi connectivity index (χ4v) is 2.32. The van der Waals surface area contributed by atoms with Crippen LogP contribution >= 0.6 is 11.8 Å². The van der Waals surface area contributed by atoms with Crippen LogP contribution in [0, 0.1) is 0 Å². The van der Waals surface area contributed by atoms with Gasteiger partial charge in [0.1, 0.15) is 11.3 Å². The van der Waals surface area contributed by atoms with E-state index in [1.54, 1.807) is 7.11 Å². The molecule has 0 atom stereocenters. The van der Waals surface area contributed by atoms with E-state index in [2.05, 4.69) is 11.2 Å². The lowest BCUT2D eigenvalue weighted by molar-refractivity contribution is 0.419. The zero-order valence-corrected chi connectivity index (χ0v) is 11.0. The number of methoxy groups -OCH3 is 1. The summed E-state index contributed by atoms with van der Waals surface area (Å²) in [5.74, 6) is 2.46. The van der Waals surface area contributed by atoms with Crippen LogP contribution in [0.25, 0.3) is 11.0 Å². The first-order valence-corrected chi connectivity index (χ1v) is 6.95. The number of thioether (sulfide) groups is 1. The molecule has 92 valence electrons. The number of aryl methyl sites for hydroxylation is 1. The van der Waals surface area contributed by atoms with Crippen LogP contribution in [0.2, 0.25) is 0 Å². The summed E-state index contributed by atoms with van der Waals surface area (Å²) < 4.78 is 7.34. The molecule has 2 N–H and O–H groups in total. The van der Waals surface area contributed by atoms with Gasteiger partial charge in [-0.1, -0.05) is 6.07 Å². The van der Waals surface area contributed by atoms with E-state index in [-0.39, 0.29) is 0 Å². The maximum atomic E-state index is 5.95. The SMILES string of the molecule is COc1cccc2c1nc(N)n2CCCSC. The molecule has 5 heteroatoms. The van der Waals surface area contributed by atoms with Crippen LogP contribution < -0.4 is 10.5 Å². The minimum atomic E-state index is 0.561. The lowest BCUT2D eigenvalue weighted by Gasteiger charge is -2.06. The molecular weight excluding hydrogens is 234 g/mol. The molecule has 0 radical (unpaired) electrons. The number of ether oxygens (including phenoxy) is 1. The second-order valence-corrected chi connectivity index (χ2v) is 4.78. The van der Waals surface area contributed by atoms with Crippen molar-refractivity contribution in [2.24, 2.45) is 0 Å². The summed E-state index contributed by atoms with van der Waals surface area (Å²) >= 11 is 1.84. The minimum absolute atomic E-state index is 0.561. The molecule has 0 bridgehead atoms. The normalized spacial score (nSPS) is 10.9. The molecule has 2 rings (SSSR count). The lowest BCUT2D eigenvalue weighted by atomic mass is 10.3. The van der Waals surface area contributed by atoms with Gasteiger partial charge in [0.15, 0.2) is 0 Å². The van der Waals surface area contributed by atoms with Gasteiger partial charge in [0.25, 0.3) is 0 Å². The van der Waals surface area contributed by atoms with Crippen molar-refractivity contribution in [3.05, 3.63) is 18.2 Å². The molecular formula is C12H17N3OS. The van der Waals surface area contributed by atoms with Crippen molar-refractivity contribution in [2.75, 3.05) is 24.9 Å². The van der Waals surface area contributed by atoms with Gasteiger partial charge in [-0.15, -0.1) is 0 Å². The van der Waals surface area contributed by atoms with E-state index >= 15 is 0 Å². The Morgan fingerprint density at radius 2 is 2.29 bits per heavy atom. The van der Waals surface area contributed by atoms with Crippen molar-refractivity contribution in [1.29, 1.82) is 0 Å². The summed E-state index contributed by atoms with van der Waals surface area (Å²) in [5.41, 5.74) is 7.84. The molecule has 0 aliphatic heterocycles. The highest BCUT2D eigenvalue weighted by molar-refractivity contribution is 7.98. The maximum absolute atomic E-state index is 5.95. The van der Waals surface area contributed by atoms with Crippen molar-refractivity contribution in [2.45, 2.75) is 13.0 Å². The van der Waals surface area contributed by atoms with Crippen LogP contribution in [0.15, 0.2) is 18.2 Å². The van der Waals surface area contributed by atoms with Gasteiger partial charge in [0, 0.05) is 6.54 Å². The number of nitrogens with zero attached hydrogens (tertiary/aromatic N) is 2. The molecule has 2 aromatic rings. The molecule has 0 saturated carbocycles. The average Bonchev–Trinajstić information content (AvgIpc) is 2.66. The molecule has 0 saturated heterocycles. The highest BCUT2D eigenvalue weighted by Gasteiger charge is 2.11. The fraction of sp³-hybridized carbons (Fsp3) is 0.417. The van der Waals surface area contributed by atoms with Gasteiger partial charge in [0.2, 0.25) is 5.95 Å². The number of nitrogen functional groups attached to an aromatic ring is 1. The highest BCUT2D eigenvalue weighted by Crippen LogP contribution is 2.26. The Morgan fingerprint density at radius 3 is 3.00 bits per heavy atom. The number of nitrogens with two attached hydrogens (primary N) is 1. The smallest absolute Gasteiger partial charge is 0.201 e. The summed E-state index contributed by atoms with van der Waals surface area (Å²) in [6, 6.07) is 5.90. The second kappa shape index (κ2) is 5.31. The third-order valence-electron chi connectivity index (χ3n) is 2.72. The van der Waals surface area contributed by atoms with Gasteiger partial charge >= 0.3 is 0 Å². The fourth-order valence-electron chi connectivity index (χ4n) is 1.91. The molecule has 1 aromatic carbocycles. The molecule has 0 spiro atoms. The minimum Gasteiger partial charge on any atom is -0.494 e. The largest absolute Gasteiger partial charge is 0.494 e.